The van der Waals surface area contributed by atoms with Gasteiger partial charge < -0.3 is 15.1 Å². The Kier molecular flexibility index (Phi) is 3.93. The second-order valence-electron chi connectivity index (χ2n) is 4.59. The van der Waals surface area contributed by atoms with Crippen LogP contribution in [0.25, 0.3) is 0 Å². The van der Waals surface area contributed by atoms with Crippen molar-refractivity contribution in [3.8, 4) is 0 Å². The monoisotopic (exact) mass is 259 g/mol. The Morgan fingerprint density at radius 2 is 2.06 bits per heavy atom. The Morgan fingerprint density at radius 3 is 2.65 bits per heavy atom. The summed E-state index contributed by atoms with van der Waals surface area (Å²) in [5.41, 5.74) is 0. The fourth-order valence-corrected chi connectivity index (χ4v) is 3.68. The number of aliphatic hydroxyl groups excluding tert-OH is 1. The number of aliphatic hydroxyl groups is 1. The number of thioether (sulfide) groups is 1. The van der Waals surface area contributed by atoms with Gasteiger partial charge in [0.25, 0.3) is 0 Å². The first-order valence-corrected chi connectivity index (χ1v) is 6.97. The summed E-state index contributed by atoms with van der Waals surface area (Å²) in [6.07, 6.45) is 2.42. The molecule has 0 spiro atoms. The van der Waals surface area contributed by atoms with Crippen LogP contribution in [0, 0.1) is 0 Å². The molecule has 2 aliphatic rings. The van der Waals surface area contributed by atoms with Crippen LogP contribution in [-0.4, -0.2) is 56.7 Å². The summed E-state index contributed by atoms with van der Waals surface area (Å²) in [7, 11) is 0. The predicted molar refractivity (Wildman–Crippen MR) is 63.9 cm³/mol. The molecule has 0 aliphatic carbocycles. The summed E-state index contributed by atoms with van der Waals surface area (Å²) in [6, 6.07) is -0.847. The zero-order chi connectivity index (χ0) is 12.4. The minimum atomic E-state index is -1.02. The average Bonchev–Trinajstić information content (AvgIpc) is 2.72. The average molecular weight is 259 g/mol. The summed E-state index contributed by atoms with van der Waals surface area (Å²) in [5, 5.41) is 18.4. The molecule has 0 aromatic rings. The highest BCUT2D eigenvalue weighted by atomic mass is 32.2. The first-order chi connectivity index (χ1) is 8.09. The van der Waals surface area contributed by atoms with Gasteiger partial charge in [-0.2, -0.15) is 0 Å². The zero-order valence-electron chi connectivity index (χ0n) is 9.54. The van der Waals surface area contributed by atoms with Crippen molar-refractivity contribution >= 4 is 23.6 Å². The summed E-state index contributed by atoms with van der Waals surface area (Å²) in [6.45, 7) is 0.160. The van der Waals surface area contributed by atoms with Crippen molar-refractivity contribution in [2.24, 2.45) is 0 Å². The highest BCUT2D eigenvalue weighted by Gasteiger charge is 2.41. The molecule has 2 aliphatic heterocycles. The van der Waals surface area contributed by atoms with Gasteiger partial charge in [0.1, 0.15) is 6.04 Å². The van der Waals surface area contributed by atoms with Gasteiger partial charge in [-0.3, -0.25) is 4.79 Å². The number of carbonyl (C=O) groups is 2. The number of hydrogen-bond donors (Lipinski definition) is 2. The van der Waals surface area contributed by atoms with Gasteiger partial charge >= 0.3 is 5.97 Å². The highest BCUT2D eigenvalue weighted by molar-refractivity contribution is 8.00. The highest BCUT2D eigenvalue weighted by Crippen LogP contribution is 2.29. The third-order valence-electron chi connectivity index (χ3n) is 3.30. The number of rotatable bonds is 2. The van der Waals surface area contributed by atoms with E-state index in [2.05, 4.69) is 0 Å². The lowest BCUT2D eigenvalue weighted by molar-refractivity contribution is -0.148. The molecule has 0 radical (unpaired) electrons. The Morgan fingerprint density at radius 1 is 1.29 bits per heavy atom. The van der Waals surface area contributed by atoms with Crippen molar-refractivity contribution in [2.45, 2.75) is 43.1 Å². The molecule has 2 rings (SSSR count). The molecule has 2 saturated heterocycles. The van der Waals surface area contributed by atoms with E-state index in [1.807, 2.05) is 0 Å². The minimum absolute atomic E-state index is 0.112. The maximum Gasteiger partial charge on any atom is 0.326 e. The molecule has 5 nitrogen and oxygen atoms in total. The molecule has 0 aromatic carbocycles. The number of aliphatic carboxylic acids is 1. The number of carboxylic acid groups (broad SMARTS) is 1. The number of nitrogens with zero attached hydrogens (tertiary/aromatic N) is 1. The van der Waals surface area contributed by atoms with E-state index >= 15 is 0 Å². The lowest BCUT2D eigenvalue weighted by Crippen LogP contribution is -2.45. The van der Waals surface area contributed by atoms with E-state index in [0.29, 0.717) is 0 Å². The van der Waals surface area contributed by atoms with Gasteiger partial charge in [0, 0.05) is 13.0 Å². The number of hydrogen-bond acceptors (Lipinski definition) is 4. The second-order valence-corrected chi connectivity index (χ2v) is 5.90. The molecule has 1 unspecified atom stereocenters. The van der Waals surface area contributed by atoms with Crippen LogP contribution in [0.1, 0.15) is 25.7 Å². The van der Waals surface area contributed by atoms with E-state index < -0.39 is 18.1 Å². The second kappa shape index (κ2) is 5.27. The van der Waals surface area contributed by atoms with Gasteiger partial charge in [-0.05, 0) is 18.6 Å². The number of β-amino-alcohol motifs (C(OH)–C–C–N with tert-alkyl or cyclic N) is 1. The van der Waals surface area contributed by atoms with Crippen LogP contribution in [0.5, 0.6) is 0 Å². The van der Waals surface area contributed by atoms with Gasteiger partial charge in [-0.15, -0.1) is 11.8 Å². The van der Waals surface area contributed by atoms with Crippen LogP contribution in [0.3, 0.4) is 0 Å². The Hall–Kier alpha value is -0.750. The number of likely N-dealkylation sites (tertiary alicyclic amines) is 1. The number of amides is 1. The maximum atomic E-state index is 12.2. The zero-order valence-corrected chi connectivity index (χ0v) is 10.4. The molecule has 3 atom stereocenters. The molecule has 2 heterocycles. The van der Waals surface area contributed by atoms with Crippen LogP contribution in [0.2, 0.25) is 0 Å². The molecule has 6 heteroatoms. The van der Waals surface area contributed by atoms with Crippen LogP contribution >= 0.6 is 11.8 Å². The quantitative estimate of drug-likeness (QED) is 0.746. The van der Waals surface area contributed by atoms with Crippen molar-refractivity contribution in [3.63, 3.8) is 0 Å². The van der Waals surface area contributed by atoms with Crippen LogP contribution in [-0.2, 0) is 9.59 Å². The third kappa shape index (κ3) is 2.74. The lowest BCUT2D eigenvalue weighted by atomic mass is 10.1. The summed E-state index contributed by atoms with van der Waals surface area (Å²) >= 11 is 1.61. The van der Waals surface area contributed by atoms with Gasteiger partial charge in [0.05, 0.1) is 11.4 Å². The molecular formula is C11H17NO4S. The molecule has 0 bridgehead atoms. The van der Waals surface area contributed by atoms with E-state index in [1.54, 1.807) is 11.8 Å². The molecule has 1 amide bonds. The summed E-state index contributed by atoms with van der Waals surface area (Å²) < 4.78 is 0. The molecule has 17 heavy (non-hydrogen) atoms. The molecule has 0 aromatic heterocycles. The van der Waals surface area contributed by atoms with Gasteiger partial charge in [-0.25, -0.2) is 4.79 Å². The maximum absolute atomic E-state index is 12.2. The smallest absolute Gasteiger partial charge is 0.326 e. The number of carbonyl (C=O) groups excluding carboxylic acids is 1. The Labute approximate surface area is 104 Å². The van der Waals surface area contributed by atoms with Crippen molar-refractivity contribution < 1.29 is 19.8 Å². The van der Waals surface area contributed by atoms with Crippen molar-refractivity contribution in [1.82, 2.24) is 4.90 Å². The van der Waals surface area contributed by atoms with E-state index in [-0.39, 0.29) is 24.1 Å². The van der Waals surface area contributed by atoms with Crippen molar-refractivity contribution in [2.75, 3.05) is 12.3 Å². The first kappa shape index (κ1) is 12.7. The van der Waals surface area contributed by atoms with Gasteiger partial charge in [0.2, 0.25) is 5.91 Å². The van der Waals surface area contributed by atoms with E-state index in [9.17, 15) is 14.7 Å². The van der Waals surface area contributed by atoms with E-state index in [0.717, 1.165) is 25.0 Å². The van der Waals surface area contributed by atoms with Crippen molar-refractivity contribution in [1.29, 1.82) is 0 Å². The SMILES string of the molecule is O=C(O)[C@@H]1C[C@@H](O)CN1C(=O)C1CCCCS1. The van der Waals surface area contributed by atoms with E-state index in [4.69, 9.17) is 5.11 Å². The fourth-order valence-electron chi connectivity index (χ4n) is 2.41. The first-order valence-electron chi connectivity index (χ1n) is 5.92. The van der Waals surface area contributed by atoms with E-state index in [1.165, 1.54) is 4.90 Å². The fraction of sp³-hybridized carbons (Fsp3) is 0.818. The van der Waals surface area contributed by atoms with Crippen LogP contribution < -0.4 is 0 Å². The molecule has 96 valence electrons. The molecule has 2 N–H and O–H groups in total. The molecule has 2 fully saturated rings. The van der Waals surface area contributed by atoms with Crippen molar-refractivity contribution in [3.05, 3.63) is 0 Å². The number of carboxylic acids is 1. The minimum Gasteiger partial charge on any atom is -0.480 e. The lowest BCUT2D eigenvalue weighted by Gasteiger charge is -2.28. The molecule has 0 saturated carbocycles. The molecular weight excluding hydrogens is 242 g/mol. The predicted octanol–water partition coefficient (Wildman–Crippen LogP) is 0.319. The van der Waals surface area contributed by atoms with Crippen LogP contribution in [0.4, 0.5) is 0 Å². The summed E-state index contributed by atoms with van der Waals surface area (Å²) in [4.78, 5) is 24.6. The van der Waals surface area contributed by atoms with Gasteiger partial charge in [0.15, 0.2) is 0 Å². The van der Waals surface area contributed by atoms with Crippen LogP contribution in [0.15, 0.2) is 0 Å². The normalized spacial score (nSPS) is 33.7. The van der Waals surface area contributed by atoms with Gasteiger partial charge in [-0.1, -0.05) is 6.42 Å². The Balaban J connectivity index is 2.04. The Bertz CT molecular complexity index is 317. The third-order valence-corrected chi connectivity index (χ3v) is 4.67. The standard InChI is InChI=1S/C11H17NO4S/c13-7-5-8(11(15)16)12(6-7)10(14)9-3-1-2-4-17-9/h7-9,13H,1-6H2,(H,15,16)/t7-,8+,9?/m1/s1. The summed E-state index contributed by atoms with van der Waals surface area (Å²) in [5.74, 6) is -0.167. The topological polar surface area (TPSA) is 77.8 Å². The largest absolute Gasteiger partial charge is 0.480 e.